The van der Waals surface area contributed by atoms with Gasteiger partial charge in [-0.15, -0.1) is 0 Å². The van der Waals surface area contributed by atoms with Crippen molar-refractivity contribution in [3.05, 3.63) is 35.5 Å². The zero-order valence-corrected chi connectivity index (χ0v) is 8.54. The molecular formula is C11H11FN2O. The van der Waals surface area contributed by atoms with Crippen LogP contribution in [-0.4, -0.2) is 4.98 Å². The van der Waals surface area contributed by atoms with Crippen molar-refractivity contribution in [1.82, 2.24) is 4.98 Å². The van der Waals surface area contributed by atoms with Gasteiger partial charge in [0, 0.05) is 11.3 Å². The van der Waals surface area contributed by atoms with Gasteiger partial charge in [-0.3, -0.25) is 0 Å². The number of aryl methyl sites for hydroxylation is 2. The van der Waals surface area contributed by atoms with Crippen LogP contribution in [0.15, 0.2) is 22.6 Å². The lowest BCUT2D eigenvalue weighted by atomic mass is 10.2. The van der Waals surface area contributed by atoms with Crippen molar-refractivity contribution in [1.29, 1.82) is 0 Å². The Balaban J connectivity index is 2.53. The van der Waals surface area contributed by atoms with Gasteiger partial charge in [-0.1, -0.05) is 0 Å². The number of oxazole rings is 1. The van der Waals surface area contributed by atoms with Crippen LogP contribution in [0.25, 0.3) is 11.5 Å². The number of aromatic nitrogens is 1. The lowest BCUT2D eigenvalue weighted by Gasteiger charge is -1.98. The van der Waals surface area contributed by atoms with E-state index in [2.05, 4.69) is 4.98 Å². The average Bonchev–Trinajstić information content (AvgIpc) is 2.45. The van der Waals surface area contributed by atoms with Crippen molar-refractivity contribution in [3.8, 4) is 11.5 Å². The van der Waals surface area contributed by atoms with Gasteiger partial charge in [-0.25, -0.2) is 9.37 Å². The van der Waals surface area contributed by atoms with Gasteiger partial charge >= 0.3 is 0 Å². The van der Waals surface area contributed by atoms with E-state index in [9.17, 15) is 4.39 Å². The second-order valence-corrected chi connectivity index (χ2v) is 3.43. The van der Waals surface area contributed by atoms with Crippen LogP contribution in [0.3, 0.4) is 0 Å². The SMILES string of the molecule is Cc1nc(-c2cc(N)cc(F)c2)oc1C. The Morgan fingerprint density at radius 1 is 1.27 bits per heavy atom. The Morgan fingerprint density at radius 2 is 2.00 bits per heavy atom. The third-order valence-corrected chi connectivity index (χ3v) is 2.20. The molecule has 2 rings (SSSR count). The molecular weight excluding hydrogens is 195 g/mol. The van der Waals surface area contributed by atoms with Crippen LogP contribution in [0.1, 0.15) is 11.5 Å². The molecule has 0 radical (unpaired) electrons. The zero-order chi connectivity index (χ0) is 11.0. The molecule has 0 bridgehead atoms. The predicted molar refractivity (Wildman–Crippen MR) is 55.8 cm³/mol. The molecule has 2 N–H and O–H groups in total. The van der Waals surface area contributed by atoms with Gasteiger partial charge in [-0.2, -0.15) is 0 Å². The maximum absolute atomic E-state index is 13.1. The minimum atomic E-state index is -0.390. The molecule has 0 atom stereocenters. The quantitative estimate of drug-likeness (QED) is 0.730. The Bertz CT molecular complexity index is 466. The summed E-state index contributed by atoms with van der Waals surface area (Å²) < 4.78 is 18.4. The number of nitrogens with two attached hydrogens (primary N) is 1. The van der Waals surface area contributed by atoms with Gasteiger partial charge in [0.2, 0.25) is 5.89 Å². The fraction of sp³-hybridized carbons (Fsp3) is 0.182. The summed E-state index contributed by atoms with van der Waals surface area (Å²) in [5, 5.41) is 0. The molecule has 0 unspecified atom stereocenters. The van der Waals surface area contributed by atoms with Crippen LogP contribution in [0.2, 0.25) is 0 Å². The molecule has 4 heteroatoms. The molecule has 0 aliphatic heterocycles. The van der Waals surface area contributed by atoms with Crippen LogP contribution in [0.5, 0.6) is 0 Å². The first-order chi connectivity index (χ1) is 7.06. The molecule has 0 aliphatic carbocycles. The number of rotatable bonds is 1. The maximum Gasteiger partial charge on any atom is 0.226 e. The Hall–Kier alpha value is -1.84. The highest BCUT2D eigenvalue weighted by molar-refractivity contribution is 5.60. The maximum atomic E-state index is 13.1. The standard InChI is InChI=1S/C11H11FN2O/c1-6-7(2)15-11(14-6)8-3-9(12)5-10(13)4-8/h3-5H,13H2,1-2H3. The molecule has 0 saturated heterocycles. The topological polar surface area (TPSA) is 52.0 Å². The fourth-order valence-corrected chi connectivity index (χ4v) is 1.33. The van der Waals surface area contributed by atoms with E-state index < -0.39 is 5.82 Å². The summed E-state index contributed by atoms with van der Waals surface area (Å²) in [6.07, 6.45) is 0. The summed E-state index contributed by atoms with van der Waals surface area (Å²) >= 11 is 0. The Kier molecular flexibility index (Phi) is 2.19. The molecule has 0 fully saturated rings. The third kappa shape index (κ3) is 1.83. The van der Waals surface area contributed by atoms with Crippen LogP contribution < -0.4 is 5.73 Å². The summed E-state index contributed by atoms with van der Waals surface area (Å²) in [6.45, 7) is 3.65. The van der Waals surface area contributed by atoms with E-state index in [0.29, 0.717) is 17.1 Å². The van der Waals surface area contributed by atoms with Gasteiger partial charge < -0.3 is 10.2 Å². The lowest BCUT2D eigenvalue weighted by Crippen LogP contribution is -1.88. The van der Waals surface area contributed by atoms with Gasteiger partial charge in [0.15, 0.2) is 0 Å². The first-order valence-electron chi connectivity index (χ1n) is 4.57. The van der Waals surface area contributed by atoms with E-state index in [1.54, 1.807) is 6.07 Å². The summed E-state index contributed by atoms with van der Waals surface area (Å²) in [7, 11) is 0. The molecule has 3 nitrogen and oxygen atoms in total. The number of hydrogen-bond acceptors (Lipinski definition) is 3. The first-order valence-corrected chi connectivity index (χ1v) is 4.57. The normalized spacial score (nSPS) is 10.6. The summed E-state index contributed by atoms with van der Waals surface area (Å²) in [5.41, 5.74) is 7.25. The highest BCUT2D eigenvalue weighted by atomic mass is 19.1. The van der Waals surface area contributed by atoms with Crippen molar-refractivity contribution >= 4 is 5.69 Å². The first kappa shape index (κ1) is 9.71. The van der Waals surface area contributed by atoms with Crippen molar-refractivity contribution in [3.63, 3.8) is 0 Å². The van der Waals surface area contributed by atoms with E-state index >= 15 is 0 Å². The van der Waals surface area contributed by atoms with Crippen LogP contribution in [0.4, 0.5) is 10.1 Å². The molecule has 0 spiro atoms. The molecule has 0 saturated carbocycles. The average molecular weight is 206 g/mol. The second kappa shape index (κ2) is 3.38. The highest BCUT2D eigenvalue weighted by Crippen LogP contribution is 2.24. The Morgan fingerprint density at radius 3 is 2.53 bits per heavy atom. The summed E-state index contributed by atoms with van der Waals surface area (Å²) in [4.78, 5) is 4.17. The lowest BCUT2D eigenvalue weighted by molar-refractivity contribution is 0.539. The monoisotopic (exact) mass is 206 g/mol. The molecule has 1 aromatic carbocycles. The van der Waals surface area contributed by atoms with Gasteiger partial charge in [0.1, 0.15) is 11.6 Å². The minimum absolute atomic E-state index is 0.360. The van der Waals surface area contributed by atoms with Crippen molar-refractivity contribution < 1.29 is 8.81 Å². The molecule has 0 aliphatic rings. The number of anilines is 1. The minimum Gasteiger partial charge on any atom is -0.441 e. The smallest absolute Gasteiger partial charge is 0.226 e. The predicted octanol–water partition coefficient (Wildman–Crippen LogP) is 2.68. The summed E-state index contributed by atoms with van der Waals surface area (Å²) in [6, 6.07) is 4.24. The van der Waals surface area contributed by atoms with Crippen molar-refractivity contribution in [2.75, 3.05) is 5.73 Å². The van der Waals surface area contributed by atoms with E-state index in [0.717, 1.165) is 11.5 Å². The zero-order valence-electron chi connectivity index (χ0n) is 8.54. The molecule has 2 aromatic rings. The molecule has 15 heavy (non-hydrogen) atoms. The summed E-state index contributed by atoms with van der Waals surface area (Å²) in [5.74, 6) is 0.738. The van der Waals surface area contributed by atoms with E-state index in [1.807, 2.05) is 13.8 Å². The van der Waals surface area contributed by atoms with Gasteiger partial charge in [-0.05, 0) is 32.0 Å². The van der Waals surface area contributed by atoms with E-state index in [-0.39, 0.29) is 0 Å². The molecule has 1 aromatic heterocycles. The van der Waals surface area contributed by atoms with Crippen LogP contribution >= 0.6 is 0 Å². The van der Waals surface area contributed by atoms with Crippen LogP contribution in [0, 0.1) is 19.7 Å². The highest BCUT2D eigenvalue weighted by Gasteiger charge is 2.09. The van der Waals surface area contributed by atoms with E-state index in [1.165, 1.54) is 12.1 Å². The largest absolute Gasteiger partial charge is 0.441 e. The number of nitrogen functional groups attached to an aromatic ring is 1. The van der Waals surface area contributed by atoms with Crippen molar-refractivity contribution in [2.24, 2.45) is 0 Å². The van der Waals surface area contributed by atoms with Gasteiger partial charge in [0.25, 0.3) is 0 Å². The number of halogens is 1. The second-order valence-electron chi connectivity index (χ2n) is 3.43. The number of hydrogen-bond donors (Lipinski definition) is 1. The fourth-order valence-electron chi connectivity index (χ4n) is 1.33. The van der Waals surface area contributed by atoms with Crippen molar-refractivity contribution in [2.45, 2.75) is 13.8 Å². The Labute approximate surface area is 86.7 Å². The van der Waals surface area contributed by atoms with Crippen LogP contribution in [-0.2, 0) is 0 Å². The van der Waals surface area contributed by atoms with Gasteiger partial charge in [0.05, 0.1) is 5.69 Å². The molecule has 0 amide bonds. The number of nitrogens with zero attached hydrogens (tertiary/aromatic N) is 1. The van der Waals surface area contributed by atoms with E-state index in [4.69, 9.17) is 10.2 Å². The number of benzene rings is 1. The third-order valence-electron chi connectivity index (χ3n) is 2.20. The molecule has 78 valence electrons. The molecule has 1 heterocycles.